The van der Waals surface area contributed by atoms with Crippen LogP contribution in [0.2, 0.25) is 0 Å². The molecule has 0 aliphatic rings. The van der Waals surface area contributed by atoms with Gasteiger partial charge in [0, 0.05) is 33.5 Å². The molecule has 0 amide bonds. The second-order valence-electron chi connectivity index (χ2n) is 7.14. The molecule has 0 unspecified atom stereocenters. The molecule has 4 aromatic carbocycles. The number of hydrogen-bond acceptors (Lipinski definition) is 1. The summed E-state index contributed by atoms with van der Waals surface area (Å²) in [6, 6.07) is 39.6. The number of hydrogen-bond donors (Lipinski definition) is 0. The molecule has 0 fully saturated rings. The smallest absolute Gasteiger partial charge is 0.0799 e. The largest absolute Gasteiger partial charge is 0.309 e. The molecule has 0 saturated heterocycles. The molecule has 2 heteroatoms. The van der Waals surface area contributed by atoms with Gasteiger partial charge >= 0.3 is 0 Å². The Morgan fingerprint density at radius 1 is 0.655 bits per heavy atom. The number of para-hydroxylation sites is 2. The number of pyridine rings is 1. The SMILES string of the molecule is c1cc2ccc(-c3cccc4c3c3ccccc3n4-c3ccccc3)nc2cc#1. The van der Waals surface area contributed by atoms with Gasteiger partial charge in [-0.1, -0.05) is 60.7 Å². The first-order chi connectivity index (χ1) is 14.4. The van der Waals surface area contributed by atoms with Gasteiger partial charge < -0.3 is 4.57 Å². The maximum Gasteiger partial charge on any atom is 0.0799 e. The van der Waals surface area contributed by atoms with Crippen LogP contribution in [-0.4, -0.2) is 9.55 Å². The Morgan fingerprint density at radius 2 is 1.45 bits per heavy atom. The number of fused-ring (bicyclic) bond motifs is 4. The van der Waals surface area contributed by atoms with E-state index in [1.165, 1.54) is 21.8 Å². The van der Waals surface area contributed by atoms with Crippen molar-refractivity contribution in [1.29, 1.82) is 0 Å². The molecule has 0 aliphatic heterocycles. The van der Waals surface area contributed by atoms with Crippen LogP contribution in [0.3, 0.4) is 0 Å². The molecule has 6 rings (SSSR count). The number of rotatable bonds is 2. The molecule has 0 radical (unpaired) electrons. The van der Waals surface area contributed by atoms with Gasteiger partial charge in [0.25, 0.3) is 0 Å². The quantitative estimate of drug-likeness (QED) is 0.337. The second-order valence-corrected chi connectivity index (χ2v) is 7.14. The van der Waals surface area contributed by atoms with Crippen LogP contribution in [0, 0.1) is 12.1 Å². The van der Waals surface area contributed by atoms with Gasteiger partial charge in [-0.25, -0.2) is 4.98 Å². The van der Waals surface area contributed by atoms with E-state index in [9.17, 15) is 0 Å². The standard InChI is InChI=1S/C27H16N2/c1-2-10-20(11-3-1)29-25-15-7-5-12-22(25)27-21(13-8-16-26(27)29)24-18-17-19-9-4-6-14-23(19)28-24/h1-3,5,7-18H. The van der Waals surface area contributed by atoms with Crippen molar-refractivity contribution in [3.8, 4) is 16.9 Å². The van der Waals surface area contributed by atoms with Crippen molar-refractivity contribution in [3.63, 3.8) is 0 Å². The Labute approximate surface area is 168 Å². The zero-order valence-corrected chi connectivity index (χ0v) is 15.6. The topological polar surface area (TPSA) is 17.8 Å². The minimum Gasteiger partial charge on any atom is -0.309 e. The monoisotopic (exact) mass is 368 g/mol. The van der Waals surface area contributed by atoms with Crippen LogP contribution in [0.5, 0.6) is 0 Å². The lowest BCUT2D eigenvalue weighted by Gasteiger charge is -2.08. The van der Waals surface area contributed by atoms with Gasteiger partial charge in [-0.3, -0.25) is 0 Å². The molecule has 134 valence electrons. The molecule has 0 aliphatic carbocycles. The van der Waals surface area contributed by atoms with Gasteiger partial charge in [0.15, 0.2) is 0 Å². The van der Waals surface area contributed by atoms with Crippen molar-refractivity contribution in [2.24, 2.45) is 0 Å². The van der Waals surface area contributed by atoms with Crippen LogP contribution < -0.4 is 0 Å². The summed E-state index contributed by atoms with van der Waals surface area (Å²) in [4.78, 5) is 4.92. The summed E-state index contributed by atoms with van der Waals surface area (Å²) in [5, 5.41) is 3.54. The lowest BCUT2D eigenvalue weighted by molar-refractivity contribution is 1.18. The Balaban J connectivity index is 1.73. The summed E-state index contributed by atoms with van der Waals surface area (Å²) in [6.07, 6.45) is 0. The predicted octanol–water partition coefficient (Wildman–Crippen LogP) is 6.60. The highest BCUT2D eigenvalue weighted by atomic mass is 15.0. The third kappa shape index (κ3) is 2.42. The fraction of sp³-hybridized carbons (Fsp3) is 0. The van der Waals surface area contributed by atoms with Gasteiger partial charge in [0.1, 0.15) is 0 Å². The third-order valence-corrected chi connectivity index (χ3v) is 5.47. The summed E-state index contributed by atoms with van der Waals surface area (Å²) in [5.74, 6) is 0. The molecule has 0 bridgehead atoms. The highest BCUT2D eigenvalue weighted by Crippen LogP contribution is 2.38. The van der Waals surface area contributed by atoms with Crippen molar-refractivity contribution in [2.75, 3.05) is 0 Å². The van der Waals surface area contributed by atoms with Crippen LogP contribution in [0.15, 0.2) is 97.1 Å². The molecule has 2 aromatic heterocycles. The summed E-state index contributed by atoms with van der Waals surface area (Å²) in [5.41, 5.74) is 6.59. The Morgan fingerprint density at radius 3 is 2.38 bits per heavy atom. The zero-order valence-electron chi connectivity index (χ0n) is 15.6. The first-order valence-corrected chi connectivity index (χ1v) is 9.67. The summed E-state index contributed by atoms with van der Waals surface area (Å²) >= 11 is 0. The lowest BCUT2D eigenvalue weighted by Crippen LogP contribution is -1.93. The van der Waals surface area contributed by atoms with Crippen molar-refractivity contribution in [2.45, 2.75) is 0 Å². The Hall–Kier alpha value is -4.09. The van der Waals surface area contributed by atoms with E-state index < -0.39 is 0 Å². The molecule has 6 aromatic rings. The molecule has 2 heterocycles. The second kappa shape index (κ2) is 6.22. The molecular formula is C27H16N2. The van der Waals surface area contributed by atoms with Crippen LogP contribution >= 0.6 is 0 Å². The first-order valence-electron chi connectivity index (χ1n) is 9.67. The van der Waals surface area contributed by atoms with Gasteiger partial charge in [-0.2, -0.15) is 0 Å². The van der Waals surface area contributed by atoms with Crippen molar-refractivity contribution in [1.82, 2.24) is 9.55 Å². The summed E-state index contributed by atoms with van der Waals surface area (Å²) in [6.45, 7) is 0. The highest BCUT2D eigenvalue weighted by Gasteiger charge is 2.16. The van der Waals surface area contributed by atoms with E-state index in [2.05, 4.69) is 102 Å². The normalized spacial score (nSPS) is 11.2. The number of nitrogens with zero attached hydrogens (tertiary/aromatic N) is 2. The van der Waals surface area contributed by atoms with E-state index in [0.29, 0.717) is 0 Å². The molecule has 0 atom stereocenters. The van der Waals surface area contributed by atoms with Crippen LogP contribution in [0.25, 0.3) is 49.7 Å². The van der Waals surface area contributed by atoms with Gasteiger partial charge in [-0.15, -0.1) is 0 Å². The fourth-order valence-electron chi connectivity index (χ4n) is 4.19. The van der Waals surface area contributed by atoms with E-state index in [4.69, 9.17) is 4.98 Å². The molecule has 29 heavy (non-hydrogen) atoms. The molecule has 0 saturated carbocycles. The van der Waals surface area contributed by atoms with Crippen molar-refractivity contribution >= 4 is 32.7 Å². The lowest BCUT2D eigenvalue weighted by atomic mass is 10.0. The molecule has 2 nitrogen and oxygen atoms in total. The van der Waals surface area contributed by atoms with Crippen LogP contribution in [0.4, 0.5) is 0 Å². The fourth-order valence-corrected chi connectivity index (χ4v) is 4.19. The predicted molar refractivity (Wildman–Crippen MR) is 119 cm³/mol. The molecular weight excluding hydrogens is 352 g/mol. The van der Waals surface area contributed by atoms with E-state index >= 15 is 0 Å². The first kappa shape index (κ1) is 15.9. The Kier molecular flexibility index (Phi) is 3.42. The Bertz CT molecular complexity index is 1490. The maximum atomic E-state index is 4.92. The van der Waals surface area contributed by atoms with Crippen LogP contribution in [-0.2, 0) is 0 Å². The average molecular weight is 368 g/mol. The van der Waals surface area contributed by atoms with E-state index in [1.807, 2.05) is 12.1 Å². The van der Waals surface area contributed by atoms with E-state index in [1.54, 1.807) is 0 Å². The van der Waals surface area contributed by atoms with E-state index in [0.717, 1.165) is 27.8 Å². The average Bonchev–Trinajstić information content (AvgIpc) is 3.14. The third-order valence-electron chi connectivity index (χ3n) is 5.47. The summed E-state index contributed by atoms with van der Waals surface area (Å²) in [7, 11) is 0. The van der Waals surface area contributed by atoms with Crippen molar-refractivity contribution in [3.05, 3.63) is 109 Å². The molecule has 0 N–H and O–H groups in total. The minimum absolute atomic E-state index is 0.935. The van der Waals surface area contributed by atoms with Crippen molar-refractivity contribution < 1.29 is 0 Å². The maximum absolute atomic E-state index is 4.92. The highest BCUT2D eigenvalue weighted by molar-refractivity contribution is 6.15. The summed E-state index contributed by atoms with van der Waals surface area (Å²) < 4.78 is 2.33. The minimum atomic E-state index is 0.935. The zero-order chi connectivity index (χ0) is 19.2. The van der Waals surface area contributed by atoms with Gasteiger partial charge in [0.05, 0.1) is 22.2 Å². The number of benzene rings is 3. The van der Waals surface area contributed by atoms with Crippen LogP contribution in [0.1, 0.15) is 0 Å². The number of aromatic nitrogens is 2. The molecule has 0 spiro atoms. The van der Waals surface area contributed by atoms with Gasteiger partial charge in [-0.05, 0) is 42.5 Å². The van der Waals surface area contributed by atoms with Gasteiger partial charge in [0.2, 0.25) is 0 Å². The van der Waals surface area contributed by atoms with E-state index in [-0.39, 0.29) is 0 Å².